The van der Waals surface area contributed by atoms with Crippen LogP contribution >= 0.6 is 0 Å². The molecule has 0 spiro atoms. The van der Waals surface area contributed by atoms with Gasteiger partial charge >= 0.3 is 0 Å². The van der Waals surface area contributed by atoms with Crippen LogP contribution < -0.4 is 16.8 Å². The fourth-order valence-electron chi connectivity index (χ4n) is 2.73. The van der Waals surface area contributed by atoms with E-state index in [9.17, 15) is 9.90 Å². The van der Waals surface area contributed by atoms with Crippen molar-refractivity contribution in [2.75, 3.05) is 18.0 Å². The molecule has 0 radical (unpaired) electrons. The highest BCUT2D eigenvalue weighted by Crippen LogP contribution is 2.28. The summed E-state index contributed by atoms with van der Waals surface area (Å²) in [5, 5.41) is 12.4. The third-order valence-corrected chi connectivity index (χ3v) is 4.25. The van der Waals surface area contributed by atoms with Gasteiger partial charge in [0, 0.05) is 12.1 Å². The van der Waals surface area contributed by atoms with Crippen molar-refractivity contribution >= 4 is 17.3 Å². The number of aromatic hydroxyl groups is 1. The number of phenols is 1. The Morgan fingerprint density at radius 1 is 0.917 bits per heavy atom. The van der Waals surface area contributed by atoms with Crippen molar-refractivity contribution in [2.45, 2.75) is 71.1 Å². The first-order valence-electron chi connectivity index (χ1n) is 9.22. The molecule has 0 fully saturated rings. The highest BCUT2D eigenvalue weighted by Gasteiger charge is 2.10. The Morgan fingerprint density at radius 2 is 1.38 bits per heavy atom. The first kappa shape index (κ1) is 20.1. The van der Waals surface area contributed by atoms with E-state index in [1.165, 1.54) is 63.5 Å². The van der Waals surface area contributed by atoms with Crippen molar-refractivity contribution in [1.82, 2.24) is 5.32 Å². The number of unbranched alkanes of at least 4 members (excludes halogenated alkanes) is 9. The van der Waals surface area contributed by atoms with E-state index in [1.54, 1.807) is 0 Å². The summed E-state index contributed by atoms with van der Waals surface area (Å²) in [5.41, 5.74) is 11.9. The van der Waals surface area contributed by atoms with Crippen molar-refractivity contribution in [3.63, 3.8) is 0 Å². The number of phenolic OH excluding ortho intramolecular Hbond substituents is 1. The SMILES string of the molecule is CCCCCCCCCCCCNC(=O)c1cc(N)c(O)c(N)c1. The molecule has 0 unspecified atom stereocenters. The summed E-state index contributed by atoms with van der Waals surface area (Å²) in [7, 11) is 0. The van der Waals surface area contributed by atoms with Gasteiger partial charge in [-0.25, -0.2) is 0 Å². The quantitative estimate of drug-likeness (QED) is 0.261. The largest absolute Gasteiger partial charge is 0.504 e. The number of hydrogen-bond acceptors (Lipinski definition) is 4. The molecule has 0 saturated heterocycles. The minimum Gasteiger partial charge on any atom is -0.504 e. The van der Waals surface area contributed by atoms with Gasteiger partial charge in [-0.05, 0) is 18.6 Å². The number of nitrogens with two attached hydrogens (primary N) is 2. The summed E-state index contributed by atoms with van der Waals surface area (Å²) in [6.07, 6.45) is 12.7. The van der Waals surface area contributed by atoms with Crippen LogP contribution in [0.15, 0.2) is 12.1 Å². The minimum absolute atomic E-state index is 0.124. The van der Waals surface area contributed by atoms with E-state index in [0.717, 1.165) is 12.8 Å². The number of hydrogen-bond donors (Lipinski definition) is 4. The maximum Gasteiger partial charge on any atom is 0.251 e. The molecule has 5 nitrogen and oxygen atoms in total. The minimum atomic E-state index is -0.204. The molecule has 0 aliphatic heterocycles. The Hall–Kier alpha value is -1.91. The molecule has 0 heterocycles. The van der Waals surface area contributed by atoms with Gasteiger partial charge in [0.25, 0.3) is 5.91 Å². The number of carbonyl (C=O) groups excluding carboxylic acids is 1. The Bertz CT molecular complexity index is 480. The average molecular weight is 335 g/mol. The average Bonchev–Trinajstić information content (AvgIpc) is 2.56. The highest BCUT2D eigenvalue weighted by atomic mass is 16.3. The van der Waals surface area contributed by atoms with E-state index in [1.807, 2.05) is 0 Å². The van der Waals surface area contributed by atoms with Crippen molar-refractivity contribution in [3.05, 3.63) is 17.7 Å². The summed E-state index contributed by atoms with van der Waals surface area (Å²) in [6, 6.07) is 2.89. The van der Waals surface area contributed by atoms with Crippen molar-refractivity contribution in [3.8, 4) is 5.75 Å². The van der Waals surface area contributed by atoms with E-state index in [4.69, 9.17) is 11.5 Å². The predicted molar refractivity (Wildman–Crippen MR) is 101 cm³/mol. The molecular formula is C19H33N3O2. The van der Waals surface area contributed by atoms with Crippen LogP contribution in [0.3, 0.4) is 0 Å². The van der Waals surface area contributed by atoms with E-state index < -0.39 is 0 Å². The fourth-order valence-corrected chi connectivity index (χ4v) is 2.73. The zero-order chi connectivity index (χ0) is 17.8. The van der Waals surface area contributed by atoms with Gasteiger partial charge in [0.05, 0.1) is 11.4 Å². The Labute approximate surface area is 145 Å². The lowest BCUT2D eigenvalue weighted by Crippen LogP contribution is -2.24. The highest BCUT2D eigenvalue weighted by molar-refractivity contribution is 5.97. The molecule has 1 amide bonds. The van der Waals surface area contributed by atoms with Gasteiger partial charge in [0.2, 0.25) is 0 Å². The molecule has 0 aromatic heterocycles. The monoisotopic (exact) mass is 335 g/mol. The van der Waals surface area contributed by atoms with Crippen LogP contribution in [0, 0.1) is 0 Å². The van der Waals surface area contributed by atoms with Gasteiger partial charge in [0.1, 0.15) is 0 Å². The lowest BCUT2D eigenvalue weighted by atomic mass is 10.1. The molecule has 6 N–H and O–H groups in total. The molecule has 1 rings (SSSR count). The summed E-state index contributed by atoms with van der Waals surface area (Å²) < 4.78 is 0. The predicted octanol–water partition coefficient (Wildman–Crippen LogP) is 4.21. The molecule has 1 aromatic rings. The van der Waals surface area contributed by atoms with Crippen LogP contribution in [0.2, 0.25) is 0 Å². The number of benzene rings is 1. The Kier molecular flexibility index (Phi) is 9.73. The van der Waals surface area contributed by atoms with Gasteiger partial charge in [-0.2, -0.15) is 0 Å². The maximum atomic E-state index is 12.0. The van der Waals surface area contributed by atoms with Crippen LogP contribution in [0.5, 0.6) is 5.75 Å². The zero-order valence-corrected chi connectivity index (χ0v) is 14.9. The molecule has 0 aliphatic carbocycles. The van der Waals surface area contributed by atoms with Crippen LogP contribution in [-0.4, -0.2) is 17.6 Å². The van der Waals surface area contributed by atoms with Gasteiger partial charge in [0.15, 0.2) is 5.75 Å². The topological polar surface area (TPSA) is 101 Å². The third-order valence-electron chi connectivity index (χ3n) is 4.25. The zero-order valence-electron chi connectivity index (χ0n) is 14.9. The molecule has 0 bridgehead atoms. The normalized spacial score (nSPS) is 10.7. The number of carbonyl (C=O) groups is 1. The van der Waals surface area contributed by atoms with Crippen molar-refractivity contribution in [1.29, 1.82) is 0 Å². The molecule has 5 heteroatoms. The second-order valence-corrected chi connectivity index (χ2v) is 6.44. The molecule has 24 heavy (non-hydrogen) atoms. The maximum absolute atomic E-state index is 12.0. The summed E-state index contributed by atoms with van der Waals surface area (Å²) in [4.78, 5) is 12.0. The smallest absolute Gasteiger partial charge is 0.251 e. The van der Waals surface area contributed by atoms with Gasteiger partial charge in [-0.15, -0.1) is 0 Å². The summed E-state index contributed by atoms with van der Waals surface area (Å²) >= 11 is 0. The van der Waals surface area contributed by atoms with E-state index in [0.29, 0.717) is 12.1 Å². The standard InChI is InChI=1S/C19H33N3O2/c1-2-3-4-5-6-7-8-9-10-11-12-22-19(24)15-13-16(20)18(23)17(21)14-15/h13-14,23H,2-12,20-21H2,1H3,(H,22,24). The number of nitrogen functional groups attached to an aromatic ring is 2. The Balaban J connectivity index is 2.08. The van der Waals surface area contributed by atoms with Gasteiger partial charge in [-0.1, -0.05) is 64.7 Å². The first-order valence-corrected chi connectivity index (χ1v) is 9.22. The second kappa shape index (κ2) is 11.6. The van der Waals surface area contributed by atoms with Crippen LogP contribution in [-0.2, 0) is 0 Å². The number of amides is 1. The second-order valence-electron chi connectivity index (χ2n) is 6.44. The molecular weight excluding hydrogens is 302 g/mol. The fraction of sp³-hybridized carbons (Fsp3) is 0.632. The summed E-state index contributed by atoms with van der Waals surface area (Å²) in [6.45, 7) is 2.89. The lowest BCUT2D eigenvalue weighted by molar-refractivity contribution is 0.0953. The van der Waals surface area contributed by atoms with Gasteiger partial charge in [-0.3, -0.25) is 4.79 Å². The van der Waals surface area contributed by atoms with E-state index in [-0.39, 0.29) is 23.0 Å². The molecule has 136 valence electrons. The molecule has 0 saturated carbocycles. The summed E-state index contributed by atoms with van der Waals surface area (Å²) in [5.74, 6) is -0.370. The molecule has 0 aliphatic rings. The third kappa shape index (κ3) is 7.57. The lowest BCUT2D eigenvalue weighted by Gasteiger charge is -2.08. The van der Waals surface area contributed by atoms with Crippen LogP contribution in [0.25, 0.3) is 0 Å². The van der Waals surface area contributed by atoms with Crippen molar-refractivity contribution < 1.29 is 9.90 Å². The van der Waals surface area contributed by atoms with Crippen LogP contribution in [0.1, 0.15) is 81.5 Å². The van der Waals surface area contributed by atoms with Crippen molar-refractivity contribution in [2.24, 2.45) is 0 Å². The number of anilines is 2. The first-order chi connectivity index (χ1) is 11.6. The van der Waals surface area contributed by atoms with E-state index in [2.05, 4.69) is 12.2 Å². The number of rotatable bonds is 12. The van der Waals surface area contributed by atoms with E-state index >= 15 is 0 Å². The van der Waals surface area contributed by atoms with Crippen LogP contribution in [0.4, 0.5) is 11.4 Å². The number of nitrogens with one attached hydrogen (secondary N) is 1. The molecule has 0 atom stereocenters. The Morgan fingerprint density at radius 3 is 1.88 bits per heavy atom. The van der Waals surface area contributed by atoms with Gasteiger partial charge < -0.3 is 21.9 Å². The molecule has 1 aromatic carbocycles.